The maximum Gasteiger partial charge on any atom is 0.492 e. The molecule has 0 aliphatic carbocycles. The number of carbonyl (C=O) groups excluding carboxylic acids is 2. The second-order valence-electron chi connectivity index (χ2n) is 6.85. The highest BCUT2D eigenvalue weighted by molar-refractivity contribution is 6.08. The van der Waals surface area contributed by atoms with Gasteiger partial charge in [-0.1, -0.05) is 18.2 Å². The van der Waals surface area contributed by atoms with Crippen LogP contribution in [-0.2, 0) is 19.8 Å². The number of alkyl halides is 3. The minimum absolute atomic E-state index is 0.0144. The molecule has 3 rings (SSSR count). The summed E-state index contributed by atoms with van der Waals surface area (Å²) in [7, 11) is 0. The van der Waals surface area contributed by atoms with Gasteiger partial charge in [-0.25, -0.2) is 4.79 Å². The molecule has 0 saturated carbocycles. The summed E-state index contributed by atoms with van der Waals surface area (Å²) >= 11 is 0. The van der Waals surface area contributed by atoms with Crippen LogP contribution in [0.4, 0.5) is 18.9 Å². The number of hydroxylamine groups is 2. The second kappa shape index (κ2) is 6.01. The first-order valence-corrected chi connectivity index (χ1v) is 8.09. The Balaban J connectivity index is 1.70. The van der Waals surface area contributed by atoms with Gasteiger partial charge < -0.3 is 9.74 Å². The number of para-hydroxylation sites is 1. The number of nitrogens with zero attached hydrogens (tertiary/aromatic N) is 2. The number of fused-ring (bicyclic) bond motifs is 1. The van der Waals surface area contributed by atoms with E-state index in [0.717, 1.165) is 16.3 Å². The summed E-state index contributed by atoms with van der Waals surface area (Å²) in [6.45, 7) is 4.04. The Labute approximate surface area is 143 Å². The molecule has 1 aromatic rings. The molecule has 0 bridgehead atoms. The molecule has 2 heterocycles. The maximum atomic E-state index is 12.9. The largest absolute Gasteiger partial charge is 0.492 e. The summed E-state index contributed by atoms with van der Waals surface area (Å²) in [4.78, 5) is 29.9. The predicted octanol–water partition coefficient (Wildman–Crippen LogP) is 2.80. The van der Waals surface area contributed by atoms with Gasteiger partial charge in [0.1, 0.15) is 0 Å². The Morgan fingerprint density at radius 3 is 2.40 bits per heavy atom. The van der Waals surface area contributed by atoms with Crippen LogP contribution in [0.25, 0.3) is 0 Å². The van der Waals surface area contributed by atoms with Crippen molar-refractivity contribution in [3.8, 4) is 0 Å². The number of halogens is 3. The molecule has 136 valence electrons. The van der Waals surface area contributed by atoms with E-state index in [1.165, 1.54) is 0 Å². The van der Waals surface area contributed by atoms with Crippen molar-refractivity contribution in [3.05, 3.63) is 29.8 Å². The molecule has 0 spiro atoms. The van der Waals surface area contributed by atoms with Gasteiger partial charge in [-0.15, -0.1) is 5.06 Å². The fraction of sp³-hybridized carbons (Fsp3) is 0.529. The van der Waals surface area contributed by atoms with E-state index < -0.39 is 17.6 Å². The van der Waals surface area contributed by atoms with Crippen LogP contribution >= 0.6 is 0 Å². The van der Waals surface area contributed by atoms with Gasteiger partial charge in [0.25, 0.3) is 0 Å². The first kappa shape index (κ1) is 17.7. The monoisotopic (exact) mass is 356 g/mol. The molecule has 0 aromatic heterocycles. The summed E-state index contributed by atoms with van der Waals surface area (Å²) in [5.41, 5.74) is 1.17. The van der Waals surface area contributed by atoms with E-state index in [2.05, 4.69) is 4.84 Å². The summed E-state index contributed by atoms with van der Waals surface area (Å²) < 4.78 is 36.8. The van der Waals surface area contributed by atoms with Crippen molar-refractivity contribution in [2.75, 3.05) is 18.0 Å². The standard InChI is InChI=1S/C17H19F3N2O3/c1-16(2)12-5-3-4-6-13(12)22(14(16)23)11-7-9-21(10-8-11)25-15(24)17(18,19)20/h3-6,11H,7-10H2,1-2H3. The van der Waals surface area contributed by atoms with Gasteiger partial charge >= 0.3 is 12.1 Å². The molecule has 0 N–H and O–H groups in total. The molecule has 2 aliphatic heterocycles. The summed E-state index contributed by atoms with van der Waals surface area (Å²) in [5, 5.41) is 1.02. The molecule has 5 nitrogen and oxygen atoms in total. The van der Waals surface area contributed by atoms with Crippen LogP contribution < -0.4 is 4.90 Å². The molecule has 2 aliphatic rings. The molecule has 1 aromatic carbocycles. The first-order chi connectivity index (χ1) is 11.6. The predicted molar refractivity (Wildman–Crippen MR) is 83.7 cm³/mol. The van der Waals surface area contributed by atoms with Crippen LogP contribution in [0.2, 0.25) is 0 Å². The van der Waals surface area contributed by atoms with Crippen LogP contribution in [0.15, 0.2) is 24.3 Å². The van der Waals surface area contributed by atoms with Crippen LogP contribution in [0.5, 0.6) is 0 Å². The average Bonchev–Trinajstić information content (AvgIpc) is 2.75. The molecule has 0 atom stereocenters. The number of piperidine rings is 1. The number of hydrogen-bond acceptors (Lipinski definition) is 4. The van der Waals surface area contributed by atoms with Gasteiger partial charge in [0.2, 0.25) is 5.91 Å². The van der Waals surface area contributed by atoms with Gasteiger partial charge in [-0.2, -0.15) is 13.2 Å². The first-order valence-electron chi connectivity index (χ1n) is 8.09. The summed E-state index contributed by atoms with van der Waals surface area (Å²) in [6.07, 6.45) is -4.15. The quantitative estimate of drug-likeness (QED) is 0.818. The Morgan fingerprint density at radius 2 is 1.80 bits per heavy atom. The highest BCUT2D eigenvalue weighted by atomic mass is 19.4. The number of rotatable bonds is 2. The average molecular weight is 356 g/mol. The van der Waals surface area contributed by atoms with E-state index in [1.54, 1.807) is 4.90 Å². The third kappa shape index (κ3) is 3.10. The number of amides is 1. The van der Waals surface area contributed by atoms with Crippen molar-refractivity contribution < 1.29 is 27.6 Å². The van der Waals surface area contributed by atoms with Crippen molar-refractivity contribution in [2.24, 2.45) is 0 Å². The zero-order chi connectivity index (χ0) is 18.4. The molecular formula is C17H19F3N2O3. The third-order valence-electron chi connectivity index (χ3n) is 4.82. The van der Waals surface area contributed by atoms with Gasteiger partial charge in [-0.05, 0) is 38.3 Å². The fourth-order valence-electron chi connectivity index (χ4n) is 3.46. The number of anilines is 1. The zero-order valence-corrected chi connectivity index (χ0v) is 14.0. The van der Waals surface area contributed by atoms with Crippen LogP contribution in [-0.4, -0.2) is 42.2 Å². The Kier molecular flexibility index (Phi) is 4.26. The fourth-order valence-corrected chi connectivity index (χ4v) is 3.46. The molecule has 1 amide bonds. The second-order valence-corrected chi connectivity index (χ2v) is 6.85. The molecule has 1 fully saturated rings. The number of benzene rings is 1. The van der Waals surface area contributed by atoms with E-state index in [-0.39, 0.29) is 25.0 Å². The van der Waals surface area contributed by atoms with Crippen molar-refractivity contribution in [1.82, 2.24) is 5.06 Å². The maximum absolute atomic E-state index is 12.9. The smallest absolute Gasteiger partial charge is 0.361 e. The summed E-state index contributed by atoms with van der Waals surface area (Å²) in [6, 6.07) is 7.43. The SMILES string of the molecule is CC1(C)C(=O)N(C2CCN(OC(=O)C(F)(F)F)CC2)c2ccccc21. The van der Waals surface area contributed by atoms with E-state index in [1.807, 2.05) is 38.1 Å². The van der Waals surface area contributed by atoms with E-state index >= 15 is 0 Å². The van der Waals surface area contributed by atoms with Crippen LogP contribution in [0.3, 0.4) is 0 Å². The van der Waals surface area contributed by atoms with Crippen molar-refractivity contribution in [2.45, 2.75) is 44.3 Å². The highest BCUT2D eigenvalue weighted by Crippen LogP contribution is 2.43. The Morgan fingerprint density at radius 1 is 1.20 bits per heavy atom. The molecule has 8 heteroatoms. The molecule has 0 unspecified atom stereocenters. The van der Waals surface area contributed by atoms with Gasteiger partial charge in [-0.3, -0.25) is 4.79 Å². The lowest BCUT2D eigenvalue weighted by molar-refractivity contribution is -0.241. The lowest BCUT2D eigenvalue weighted by Gasteiger charge is -2.36. The van der Waals surface area contributed by atoms with E-state index in [9.17, 15) is 22.8 Å². The zero-order valence-electron chi connectivity index (χ0n) is 14.0. The van der Waals surface area contributed by atoms with Gasteiger partial charge in [0, 0.05) is 24.8 Å². The summed E-state index contributed by atoms with van der Waals surface area (Å²) in [5.74, 6) is -2.23. The molecule has 0 radical (unpaired) electrons. The lowest BCUT2D eigenvalue weighted by Crippen LogP contribution is -2.49. The lowest BCUT2D eigenvalue weighted by atomic mass is 9.86. The van der Waals surface area contributed by atoms with Crippen molar-refractivity contribution >= 4 is 17.6 Å². The van der Waals surface area contributed by atoms with E-state index in [4.69, 9.17) is 0 Å². The van der Waals surface area contributed by atoms with Crippen molar-refractivity contribution in [1.29, 1.82) is 0 Å². The van der Waals surface area contributed by atoms with Crippen LogP contribution in [0, 0.1) is 0 Å². The molecule has 1 saturated heterocycles. The van der Waals surface area contributed by atoms with Gasteiger partial charge in [0.15, 0.2) is 0 Å². The molecule has 25 heavy (non-hydrogen) atoms. The normalized spacial score (nSPS) is 21.3. The minimum Gasteiger partial charge on any atom is -0.361 e. The van der Waals surface area contributed by atoms with Crippen molar-refractivity contribution in [3.63, 3.8) is 0 Å². The number of carbonyl (C=O) groups is 2. The highest BCUT2D eigenvalue weighted by Gasteiger charge is 2.47. The third-order valence-corrected chi connectivity index (χ3v) is 4.82. The van der Waals surface area contributed by atoms with Gasteiger partial charge in [0.05, 0.1) is 5.41 Å². The van der Waals surface area contributed by atoms with Crippen LogP contribution in [0.1, 0.15) is 32.3 Å². The minimum atomic E-state index is -5.01. The number of hydrogen-bond donors (Lipinski definition) is 0. The Hall–Kier alpha value is -2.09. The topological polar surface area (TPSA) is 49.9 Å². The molecular weight excluding hydrogens is 337 g/mol. The van der Waals surface area contributed by atoms with E-state index in [0.29, 0.717) is 12.8 Å². The Bertz CT molecular complexity index is 695.